The average molecular weight is 289 g/mol. The molecule has 0 radical (unpaired) electrons. The minimum Gasteiger partial charge on any atom is -0.396 e. The van der Waals surface area contributed by atoms with Crippen LogP contribution in [0.5, 0.6) is 0 Å². The minimum atomic E-state index is -0.921. The monoisotopic (exact) mass is 289 g/mol. The number of rotatable bonds is 4. The normalized spacial score (nSPS) is 11.2. The Morgan fingerprint density at radius 1 is 1.10 bits per heavy atom. The van der Waals surface area contributed by atoms with Crippen molar-refractivity contribution in [1.29, 1.82) is 0 Å². The van der Waals surface area contributed by atoms with Gasteiger partial charge in [0.1, 0.15) is 5.82 Å². The van der Waals surface area contributed by atoms with E-state index in [-0.39, 0.29) is 6.61 Å². The Labute approximate surface area is 119 Å². The lowest BCUT2D eigenvalue weighted by Crippen LogP contribution is -2.03. The van der Waals surface area contributed by atoms with E-state index in [4.69, 9.17) is 5.11 Å². The summed E-state index contributed by atoms with van der Waals surface area (Å²) in [6.45, 7) is 0.481. The van der Waals surface area contributed by atoms with Gasteiger partial charge in [-0.1, -0.05) is 0 Å². The number of hydrogen-bond acceptors (Lipinski definition) is 3. The zero-order valence-corrected chi connectivity index (χ0v) is 11.1. The first-order chi connectivity index (χ1) is 10.2. The van der Waals surface area contributed by atoms with Crippen molar-refractivity contribution in [3.8, 4) is 11.4 Å². The fraction of sp³-hybridized carbons (Fsp3) is 0.200. The highest BCUT2D eigenvalue weighted by Gasteiger charge is 2.15. The van der Waals surface area contributed by atoms with Gasteiger partial charge in [0.25, 0.3) is 0 Å². The first kappa shape index (κ1) is 13.6. The van der Waals surface area contributed by atoms with Crippen molar-refractivity contribution in [2.45, 2.75) is 13.0 Å². The van der Waals surface area contributed by atoms with E-state index in [2.05, 4.69) is 9.97 Å². The van der Waals surface area contributed by atoms with Gasteiger partial charge in [-0.2, -0.15) is 0 Å². The fourth-order valence-electron chi connectivity index (χ4n) is 2.30. The Morgan fingerprint density at radius 3 is 2.52 bits per heavy atom. The molecule has 2 aromatic heterocycles. The van der Waals surface area contributed by atoms with Gasteiger partial charge in [0.2, 0.25) is 0 Å². The molecule has 3 rings (SSSR count). The van der Waals surface area contributed by atoms with Gasteiger partial charge in [-0.25, -0.2) is 13.8 Å². The van der Waals surface area contributed by atoms with Crippen LogP contribution in [0.3, 0.4) is 0 Å². The summed E-state index contributed by atoms with van der Waals surface area (Å²) in [4.78, 5) is 8.33. The zero-order chi connectivity index (χ0) is 14.8. The lowest BCUT2D eigenvalue weighted by atomic mass is 10.2. The van der Waals surface area contributed by atoms with Gasteiger partial charge in [0, 0.05) is 43.2 Å². The van der Waals surface area contributed by atoms with E-state index in [0.29, 0.717) is 29.8 Å². The van der Waals surface area contributed by atoms with E-state index in [0.717, 1.165) is 17.7 Å². The molecule has 0 aliphatic heterocycles. The van der Waals surface area contributed by atoms with Crippen molar-refractivity contribution in [1.82, 2.24) is 14.5 Å². The van der Waals surface area contributed by atoms with Gasteiger partial charge < -0.3 is 9.67 Å². The van der Waals surface area contributed by atoms with Crippen molar-refractivity contribution in [3.63, 3.8) is 0 Å². The topological polar surface area (TPSA) is 50.9 Å². The number of nitrogens with zero attached hydrogens (tertiary/aromatic N) is 3. The second-order valence-corrected chi connectivity index (χ2v) is 4.66. The molecule has 4 nitrogen and oxygen atoms in total. The maximum absolute atomic E-state index is 13.5. The van der Waals surface area contributed by atoms with Crippen LogP contribution in [0.4, 0.5) is 8.78 Å². The molecule has 0 bridgehead atoms. The van der Waals surface area contributed by atoms with Crippen LogP contribution in [0.15, 0.2) is 36.7 Å². The van der Waals surface area contributed by atoms with Crippen molar-refractivity contribution in [2.75, 3.05) is 6.61 Å². The molecule has 0 aliphatic rings. The summed E-state index contributed by atoms with van der Waals surface area (Å²) < 4.78 is 28.6. The highest BCUT2D eigenvalue weighted by molar-refractivity contribution is 5.80. The summed E-state index contributed by atoms with van der Waals surface area (Å²) in [6, 6.07) is 5.79. The van der Waals surface area contributed by atoms with Gasteiger partial charge in [-0.15, -0.1) is 0 Å². The average Bonchev–Trinajstić information content (AvgIpc) is 2.84. The van der Waals surface area contributed by atoms with E-state index in [1.165, 1.54) is 0 Å². The number of halogens is 2. The number of aromatic nitrogens is 3. The van der Waals surface area contributed by atoms with Crippen molar-refractivity contribution >= 4 is 11.0 Å². The molecule has 0 aliphatic carbocycles. The van der Waals surface area contributed by atoms with Gasteiger partial charge in [-0.3, -0.25) is 4.98 Å². The summed E-state index contributed by atoms with van der Waals surface area (Å²) in [7, 11) is 0. The fourth-order valence-corrected chi connectivity index (χ4v) is 2.30. The van der Waals surface area contributed by atoms with Gasteiger partial charge >= 0.3 is 0 Å². The number of aryl methyl sites for hydroxylation is 1. The van der Waals surface area contributed by atoms with E-state index in [1.54, 1.807) is 29.1 Å². The molecule has 6 heteroatoms. The van der Waals surface area contributed by atoms with Crippen LogP contribution in [-0.2, 0) is 6.54 Å². The maximum Gasteiger partial charge on any atom is 0.161 e. The van der Waals surface area contributed by atoms with Crippen LogP contribution >= 0.6 is 0 Å². The van der Waals surface area contributed by atoms with E-state index >= 15 is 0 Å². The zero-order valence-electron chi connectivity index (χ0n) is 11.1. The molecule has 0 saturated heterocycles. The molecule has 0 unspecified atom stereocenters. The number of aliphatic hydroxyl groups is 1. The summed E-state index contributed by atoms with van der Waals surface area (Å²) in [5, 5.41) is 9.02. The Kier molecular flexibility index (Phi) is 3.62. The Balaban J connectivity index is 2.22. The molecule has 0 saturated carbocycles. The Morgan fingerprint density at radius 2 is 1.81 bits per heavy atom. The summed E-state index contributed by atoms with van der Waals surface area (Å²) in [6.07, 6.45) is 3.76. The van der Waals surface area contributed by atoms with Crippen LogP contribution in [0.2, 0.25) is 0 Å². The molecule has 0 amide bonds. The molecule has 0 spiro atoms. The summed E-state index contributed by atoms with van der Waals surface area (Å²) >= 11 is 0. The van der Waals surface area contributed by atoms with Crippen LogP contribution in [0, 0.1) is 11.6 Å². The lowest BCUT2D eigenvalue weighted by Gasteiger charge is -2.08. The molecule has 3 aromatic rings. The SMILES string of the molecule is OCCCn1c(-c2ccncc2)nc2cc(F)c(F)cc21. The van der Waals surface area contributed by atoms with Crippen molar-refractivity contribution < 1.29 is 13.9 Å². The summed E-state index contributed by atoms with van der Waals surface area (Å²) in [5.41, 5.74) is 1.70. The van der Waals surface area contributed by atoms with Crippen molar-refractivity contribution in [3.05, 3.63) is 48.3 Å². The van der Waals surface area contributed by atoms with Crippen LogP contribution in [-0.4, -0.2) is 26.2 Å². The molecule has 0 fully saturated rings. The van der Waals surface area contributed by atoms with Crippen LogP contribution in [0.1, 0.15) is 6.42 Å². The summed E-state index contributed by atoms with van der Waals surface area (Å²) in [5.74, 6) is -1.23. The van der Waals surface area contributed by atoms with E-state index < -0.39 is 11.6 Å². The predicted octanol–water partition coefficient (Wildman–Crippen LogP) is 2.76. The molecule has 1 N–H and O–H groups in total. The molecule has 108 valence electrons. The number of pyridine rings is 1. The highest BCUT2D eigenvalue weighted by Crippen LogP contribution is 2.26. The molecule has 1 aromatic carbocycles. The van der Waals surface area contributed by atoms with Crippen LogP contribution < -0.4 is 0 Å². The molecule has 0 atom stereocenters. The first-order valence-electron chi connectivity index (χ1n) is 6.57. The molecule has 2 heterocycles. The second-order valence-electron chi connectivity index (χ2n) is 4.66. The minimum absolute atomic E-state index is 0.0130. The Bertz CT molecular complexity index is 771. The number of hydrogen-bond donors (Lipinski definition) is 1. The molecular formula is C15H13F2N3O. The van der Waals surface area contributed by atoms with Gasteiger partial charge in [0.05, 0.1) is 11.0 Å². The first-order valence-corrected chi connectivity index (χ1v) is 6.57. The van der Waals surface area contributed by atoms with Crippen molar-refractivity contribution in [2.24, 2.45) is 0 Å². The quantitative estimate of drug-likeness (QED) is 0.803. The van der Waals surface area contributed by atoms with Gasteiger partial charge in [0.15, 0.2) is 11.6 Å². The number of fused-ring (bicyclic) bond motifs is 1. The predicted molar refractivity (Wildman–Crippen MR) is 74.6 cm³/mol. The third-order valence-electron chi connectivity index (χ3n) is 3.27. The lowest BCUT2D eigenvalue weighted by molar-refractivity contribution is 0.281. The Hall–Kier alpha value is -2.34. The second kappa shape index (κ2) is 5.57. The largest absolute Gasteiger partial charge is 0.396 e. The molecular weight excluding hydrogens is 276 g/mol. The maximum atomic E-state index is 13.5. The van der Waals surface area contributed by atoms with Gasteiger partial charge in [-0.05, 0) is 18.6 Å². The van der Waals surface area contributed by atoms with E-state index in [9.17, 15) is 8.78 Å². The third-order valence-corrected chi connectivity index (χ3v) is 3.27. The number of benzene rings is 1. The highest BCUT2D eigenvalue weighted by atomic mass is 19.2. The standard InChI is InChI=1S/C15H13F2N3O/c16-11-8-13-14(9-12(11)17)20(6-1-7-21)15(19-13)10-2-4-18-5-3-10/h2-5,8-9,21H,1,6-7H2. The smallest absolute Gasteiger partial charge is 0.161 e. The number of imidazole rings is 1. The third kappa shape index (κ3) is 2.50. The molecule has 21 heavy (non-hydrogen) atoms. The van der Waals surface area contributed by atoms with Crippen LogP contribution in [0.25, 0.3) is 22.4 Å². The number of aliphatic hydroxyl groups excluding tert-OH is 1. The van der Waals surface area contributed by atoms with E-state index in [1.807, 2.05) is 0 Å².